The highest BCUT2D eigenvalue weighted by Crippen LogP contribution is 2.39. The molecule has 0 saturated heterocycles. The highest BCUT2D eigenvalue weighted by Gasteiger charge is 2.24. The van der Waals surface area contributed by atoms with Gasteiger partial charge in [0, 0.05) is 0 Å². The lowest BCUT2D eigenvalue weighted by molar-refractivity contribution is -0.0254. The maximum atomic E-state index is 12.9. The minimum Gasteiger partial charge on any atom is -0.493 e. The van der Waals surface area contributed by atoms with E-state index in [1.165, 1.54) is 66.9 Å². The Balaban J connectivity index is 1.79. The van der Waals surface area contributed by atoms with Crippen LogP contribution in [0.1, 0.15) is 31.1 Å². The molecule has 0 aliphatic heterocycles. The molecule has 0 heterocycles. The lowest BCUT2D eigenvalue weighted by Crippen LogP contribution is -2.31. The molecule has 0 unspecified atom stereocenters. The topological polar surface area (TPSA) is 134 Å². The van der Waals surface area contributed by atoms with Crippen LogP contribution in [0, 0.1) is 0 Å². The smallest absolute Gasteiger partial charge is 0.338 e. The first-order chi connectivity index (χ1) is 20.3. The van der Waals surface area contributed by atoms with Crippen molar-refractivity contribution >= 4 is 17.9 Å². The average Bonchev–Trinajstić information content (AvgIpc) is 3.04. The van der Waals surface area contributed by atoms with E-state index in [1.54, 1.807) is 30.3 Å². The summed E-state index contributed by atoms with van der Waals surface area (Å²) >= 11 is 0. The Kier molecular flexibility index (Phi) is 11.2. The molecule has 0 aromatic heterocycles. The van der Waals surface area contributed by atoms with Crippen LogP contribution >= 0.6 is 0 Å². The summed E-state index contributed by atoms with van der Waals surface area (Å²) < 4.78 is 48.1. The van der Waals surface area contributed by atoms with E-state index in [4.69, 9.17) is 42.6 Å². The van der Waals surface area contributed by atoms with Gasteiger partial charge in [0.25, 0.3) is 0 Å². The zero-order valence-corrected chi connectivity index (χ0v) is 24.1. The van der Waals surface area contributed by atoms with Crippen molar-refractivity contribution in [2.75, 3.05) is 55.9 Å². The zero-order valence-electron chi connectivity index (χ0n) is 24.1. The van der Waals surface area contributed by atoms with Crippen molar-refractivity contribution in [1.29, 1.82) is 0 Å². The molecule has 224 valence electrons. The lowest BCUT2D eigenvalue weighted by Gasteiger charge is -2.19. The van der Waals surface area contributed by atoms with Crippen LogP contribution in [-0.2, 0) is 14.2 Å². The third-order valence-corrected chi connectivity index (χ3v) is 5.88. The second-order valence-corrected chi connectivity index (χ2v) is 8.42. The largest absolute Gasteiger partial charge is 0.493 e. The number of carbonyl (C=O) groups excluding carboxylic acids is 3. The second kappa shape index (κ2) is 15.0. The molecule has 42 heavy (non-hydrogen) atoms. The van der Waals surface area contributed by atoms with Crippen LogP contribution in [0.15, 0.2) is 54.6 Å². The molecule has 12 heteroatoms. The first-order valence-electron chi connectivity index (χ1n) is 12.5. The van der Waals surface area contributed by atoms with Gasteiger partial charge in [-0.1, -0.05) is 18.2 Å². The van der Waals surface area contributed by atoms with Gasteiger partial charge in [-0.2, -0.15) is 0 Å². The predicted molar refractivity (Wildman–Crippen MR) is 148 cm³/mol. The Morgan fingerprint density at radius 3 is 1.24 bits per heavy atom. The Bertz CT molecular complexity index is 1260. The van der Waals surface area contributed by atoms with Gasteiger partial charge in [-0.05, 0) is 36.4 Å². The normalized spacial score (nSPS) is 10.4. The molecule has 0 amide bonds. The molecule has 0 bridgehead atoms. The van der Waals surface area contributed by atoms with Gasteiger partial charge in [0.15, 0.2) is 29.1 Å². The van der Waals surface area contributed by atoms with Gasteiger partial charge >= 0.3 is 17.9 Å². The van der Waals surface area contributed by atoms with Crippen LogP contribution in [-0.4, -0.2) is 79.9 Å². The van der Waals surface area contributed by atoms with Gasteiger partial charge < -0.3 is 42.6 Å². The summed E-state index contributed by atoms with van der Waals surface area (Å²) in [6.07, 6.45) is -1.16. The fourth-order valence-corrected chi connectivity index (χ4v) is 3.81. The van der Waals surface area contributed by atoms with Gasteiger partial charge in [0.1, 0.15) is 13.2 Å². The fraction of sp³-hybridized carbons (Fsp3) is 0.300. The van der Waals surface area contributed by atoms with Crippen molar-refractivity contribution in [2.45, 2.75) is 6.10 Å². The molecule has 3 aromatic rings. The number of hydrogen-bond donors (Lipinski definition) is 0. The SMILES string of the molecule is COc1cc(C(=O)OCC(COC(=O)c2cc(OC)c(OC)c(OC)c2)OC(=O)c2ccccc2)cc(OC)c1OC. The number of methoxy groups -OCH3 is 6. The number of benzene rings is 3. The van der Waals surface area contributed by atoms with E-state index in [1.807, 2.05) is 0 Å². The second-order valence-electron chi connectivity index (χ2n) is 8.42. The fourth-order valence-electron chi connectivity index (χ4n) is 3.81. The molecule has 3 aromatic carbocycles. The minimum absolute atomic E-state index is 0.0899. The molecule has 0 spiro atoms. The maximum Gasteiger partial charge on any atom is 0.338 e. The lowest BCUT2D eigenvalue weighted by atomic mass is 10.2. The summed E-state index contributed by atoms with van der Waals surface area (Å²) in [5.41, 5.74) is 0.438. The molecule has 3 rings (SSSR count). The Hall–Kier alpha value is -5.13. The molecule has 0 fully saturated rings. The van der Waals surface area contributed by atoms with Gasteiger partial charge in [-0.25, -0.2) is 14.4 Å². The molecule has 0 saturated carbocycles. The van der Waals surface area contributed by atoms with E-state index in [0.29, 0.717) is 11.5 Å². The number of esters is 3. The summed E-state index contributed by atoms with van der Waals surface area (Å²) in [6.45, 7) is -0.868. The molecular weight excluding hydrogens is 552 g/mol. The summed E-state index contributed by atoms with van der Waals surface area (Å²) in [4.78, 5) is 38.6. The monoisotopic (exact) mass is 584 g/mol. The van der Waals surface area contributed by atoms with Crippen LogP contribution in [0.5, 0.6) is 34.5 Å². The van der Waals surface area contributed by atoms with Gasteiger partial charge in [-0.3, -0.25) is 0 Å². The van der Waals surface area contributed by atoms with Crippen molar-refractivity contribution in [2.24, 2.45) is 0 Å². The van der Waals surface area contributed by atoms with Gasteiger partial charge in [0.05, 0.1) is 59.3 Å². The number of ether oxygens (including phenoxy) is 9. The van der Waals surface area contributed by atoms with Crippen molar-refractivity contribution < 1.29 is 57.0 Å². The van der Waals surface area contributed by atoms with Crippen LogP contribution in [0.25, 0.3) is 0 Å². The zero-order chi connectivity index (χ0) is 30.6. The van der Waals surface area contributed by atoms with Gasteiger partial charge in [-0.15, -0.1) is 0 Å². The quantitative estimate of drug-likeness (QED) is 0.200. The van der Waals surface area contributed by atoms with Crippen LogP contribution in [0.4, 0.5) is 0 Å². The molecule has 12 nitrogen and oxygen atoms in total. The van der Waals surface area contributed by atoms with Crippen molar-refractivity contribution in [3.8, 4) is 34.5 Å². The first-order valence-corrected chi connectivity index (χ1v) is 12.5. The summed E-state index contributed by atoms with van der Waals surface area (Å²) in [6, 6.07) is 13.9. The number of hydrogen-bond acceptors (Lipinski definition) is 12. The van der Waals surface area contributed by atoms with Crippen LogP contribution in [0.3, 0.4) is 0 Å². The Labute approximate surface area is 242 Å². The number of carbonyl (C=O) groups is 3. The average molecular weight is 585 g/mol. The highest BCUT2D eigenvalue weighted by atomic mass is 16.6. The Morgan fingerprint density at radius 1 is 0.524 bits per heavy atom. The van der Waals surface area contributed by atoms with E-state index < -0.39 is 37.2 Å². The van der Waals surface area contributed by atoms with Crippen LogP contribution < -0.4 is 28.4 Å². The van der Waals surface area contributed by atoms with E-state index >= 15 is 0 Å². The van der Waals surface area contributed by atoms with Crippen molar-refractivity contribution in [3.05, 3.63) is 71.3 Å². The first kappa shape index (κ1) is 31.4. The highest BCUT2D eigenvalue weighted by molar-refractivity contribution is 5.92. The van der Waals surface area contributed by atoms with Crippen molar-refractivity contribution in [1.82, 2.24) is 0 Å². The molecule has 0 aliphatic rings. The van der Waals surface area contributed by atoms with Crippen molar-refractivity contribution in [3.63, 3.8) is 0 Å². The molecule has 0 N–H and O–H groups in total. The standard InChI is InChI=1S/C30H32O12/c1-34-22-12-19(13-23(35-2)26(22)38-5)28(31)40-16-21(42-30(33)18-10-8-7-9-11-18)17-41-29(32)20-14-24(36-3)27(39-6)25(15-20)37-4/h7-15,21H,16-17H2,1-6H3. The van der Waals surface area contributed by atoms with Gasteiger partial charge in [0.2, 0.25) is 11.5 Å². The third-order valence-electron chi connectivity index (χ3n) is 5.88. The van der Waals surface area contributed by atoms with E-state index in [0.717, 1.165) is 0 Å². The molecule has 0 aliphatic carbocycles. The molecular formula is C30H32O12. The minimum atomic E-state index is -1.16. The Morgan fingerprint density at radius 2 is 0.905 bits per heavy atom. The maximum absolute atomic E-state index is 12.9. The van der Waals surface area contributed by atoms with Crippen LogP contribution in [0.2, 0.25) is 0 Å². The predicted octanol–water partition coefficient (Wildman–Crippen LogP) is 3.98. The summed E-state index contributed by atoms with van der Waals surface area (Å²) in [5, 5.41) is 0. The van der Waals surface area contributed by atoms with E-state index in [9.17, 15) is 14.4 Å². The summed E-state index contributed by atoms with van der Waals surface area (Å²) in [7, 11) is 8.51. The van der Waals surface area contributed by atoms with E-state index in [-0.39, 0.29) is 39.7 Å². The molecule has 0 radical (unpaired) electrons. The molecule has 0 atom stereocenters. The third kappa shape index (κ3) is 7.53. The number of rotatable bonds is 14. The summed E-state index contributed by atoms with van der Waals surface area (Å²) in [5.74, 6) is -0.671. The van der Waals surface area contributed by atoms with E-state index in [2.05, 4.69) is 0 Å².